The molecule has 1 aromatic carbocycles. The summed E-state index contributed by atoms with van der Waals surface area (Å²) in [6, 6.07) is 8.20. The number of hydrogen-bond donors (Lipinski definition) is 1. The molecule has 112 valence electrons. The van der Waals surface area contributed by atoms with Crippen LogP contribution in [-0.2, 0) is 10.2 Å². The average molecular weight is 304 g/mol. The first-order valence-corrected chi connectivity index (χ1v) is 7.78. The minimum absolute atomic E-state index is 0.124. The first kappa shape index (κ1) is 15.5. The van der Waals surface area contributed by atoms with Crippen LogP contribution in [0.3, 0.4) is 0 Å². The number of esters is 1. The molecule has 2 rings (SSSR count). The predicted octanol–water partition coefficient (Wildman–Crippen LogP) is 4.36. The SMILES string of the molecule is CCOC(=O)c1ncsc1Nc1ccc(C(C)(C)C)cc1. The standard InChI is InChI=1S/C16H20N2O2S/c1-5-20-15(19)13-14(21-10-17-13)18-12-8-6-11(7-9-12)16(2,3)4/h6-10,18H,5H2,1-4H3. The molecule has 0 saturated carbocycles. The second-order valence-electron chi connectivity index (χ2n) is 5.70. The number of ether oxygens (including phenoxy) is 1. The van der Waals surface area contributed by atoms with Crippen molar-refractivity contribution < 1.29 is 9.53 Å². The minimum Gasteiger partial charge on any atom is -0.461 e. The van der Waals surface area contributed by atoms with Gasteiger partial charge in [0.25, 0.3) is 0 Å². The molecule has 0 aliphatic heterocycles. The Bertz CT molecular complexity index is 612. The number of aromatic nitrogens is 1. The van der Waals surface area contributed by atoms with Crippen LogP contribution in [0.2, 0.25) is 0 Å². The Balaban J connectivity index is 2.16. The maximum atomic E-state index is 11.8. The summed E-state index contributed by atoms with van der Waals surface area (Å²) < 4.78 is 4.99. The van der Waals surface area contributed by atoms with Gasteiger partial charge in [-0.2, -0.15) is 0 Å². The highest BCUT2D eigenvalue weighted by Gasteiger charge is 2.17. The van der Waals surface area contributed by atoms with Gasteiger partial charge in [-0.05, 0) is 30.0 Å². The summed E-state index contributed by atoms with van der Waals surface area (Å²) in [5, 5.41) is 3.93. The molecule has 4 nitrogen and oxygen atoms in total. The van der Waals surface area contributed by atoms with E-state index < -0.39 is 5.97 Å². The van der Waals surface area contributed by atoms with Gasteiger partial charge in [-0.25, -0.2) is 9.78 Å². The fraction of sp³-hybridized carbons (Fsp3) is 0.375. The largest absolute Gasteiger partial charge is 0.461 e. The second kappa shape index (κ2) is 6.26. The van der Waals surface area contributed by atoms with Gasteiger partial charge in [0.1, 0.15) is 5.00 Å². The van der Waals surface area contributed by atoms with Gasteiger partial charge in [0, 0.05) is 5.69 Å². The molecule has 0 amide bonds. The van der Waals surface area contributed by atoms with Gasteiger partial charge in [-0.3, -0.25) is 0 Å². The van der Waals surface area contributed by atoms with Gasteiger partial charge >= 0.3 is 5.97 Å². The van der Waals surface area contributed by atoms with Crippen molar-refractivity contribution in [2.45, 2.75) is 33.1 Å². The molecule has 21 heavy (non-hydrogen) atoms. The lowest BCUT2D eigenvalue weighted by Crippen LogP contribution is -2.10. The molecular weight excluding hydrogens is 284 g/mol. The molecule has 1 N–H and O–H groups in total. The highest BCUT2D eigenvalue weighted by molar-refractivity contribution is 7.14. The van der Waals surface area contributed by atoms with Crippen LogP contribution in [0.15, 0.2) is 29.8 Å². The molecule has 0 radical (unpaired) electrons. The third kappa shape index (κ3) is 3.82. The van der Waals surface area contributed by atoms with Crippen LogP contribution in [0.4, 0.5) is 10.7 Å². The molecule has 0 saturated heterocycles. The number of hydrogen-bond acceptors (Lipinski definition) is 5. The van der Waals surface area contributed by atoms with E-state index in [1.54, 1.807) is 12.4 Å². The fourth-order valence-electron chi connectivity index (χ4n) is 1.86. The Kier molecular flexibility index (Phi) is 4.63. The fourth-order valence-corrected chi connectivity index (χ4v) is 2.55. The Morgan fingerprint density at radius 1 is 1.29 bits per heavy atom. The molecule has 0 aliphatic rings. The third-order valence-corrected chi connectivity index (χ3v) is 3.79. The number of thiazole rings is 1. The molecule has 0 fully saturated rings. The van der Waals surface area contributed by atoms with Crippen molar-refractivity contribution in [2.75, 3.05) is 11.9 Å². The van der Waals surface area contributed by atoms with E-state index in [-0.39, 0.29) is 5.41 Å². The summed E-state index contributed by atoms with van der Waals surface area (Å²) in [5.74, 6) is -0.396. The van der Waals surface area contributed by atoms with Crippen molar-refractivity contribution in [1.29, 1.82) is 0 Å². The summed E-state index contributed by atoms with van der Waals surface area (Å²) in [6.07, 6.45) is 0. The van der Waals surface area contributed by atoms with E-state index in [1.807, 2.05) is 12.1 Å². The van der Waals surface area contributed by atoms with Crippen LogP contribution in [-0.4, -0.2) is 17.6 Å². The number of nitrogens with zero attached hydrogens (tertiary/aromatic N) is 1. The van der Waals surface area contributed by atoms with Crippen molar-refractivity contribution in [3.8, 4) is 0 Å². The van der Waals surface area contributed by atoms with E-state index in [0.717, 1.165) is 5.69 Å². The monoisotopic (exact) mass is 304 g/mol. The first-order valence-electron chi connectivity index (χ1n) is 6.90. The van der Waals surface area contributed by atoms with E-state index in [0.29, 0.717) is 17.3 Å². The summed E-state index contributed by atoms with van der Waals surface area (Å²) in [5.41, 5.74) is 4.29. The zero-order valence-electron chi connectivity index (χ0n) is 12.8. The van der Waals surface area contributed by atoms with Crippen LogP contribution in [0, 0.1) is 0 Å². The summed E-state index contributed by atoms with van der Waals surface area (Å²) >= 11 is 1.39. The van der Waals surface area contributed by atoms with Gasteiger partial charge in [-0.15, -0.1) is 11.3 Å². The van der Waals surface area contributed by atoms with Crippen molar-refractivity contribution in [3.63, 3.8) is 0 Å². The molecule has 0 aliphatic carbocycles. The molecule has 0 atom stereocenters. The van der Waals surface area contributed by atoms with Gasteiger partial charge in [0.05, 0.1) is 12.1 Å². The summed E-state index contributed by atoms with van der Waals surface area (Å²) in [4.78, 5) is 15.9. The Hall–Kier alpha value is -1.88. The molecule has 5 heteroatoms. The quantitative estimate of drug-likeness (QED) is 0.853. The van der Waals surface area contributed by atoms with Gasteiger partial charge in [-0.1, -0.05) is 32.9 Å². The Morgan fingerprint density at radius 3 is 2.52 bits per heavy atom. The third-order valence-electron chi connectivity index (χ3n) is 3.05. The van der Waals surface area contributed by atoms with E-state index in [2.05, 4.69) is 43.2 Å². The molecule has 0 bridgehead atoms. The molecular formula is C16H20N2O2S. The minimum atomic E-state index is -0.396. The van der Waals surface area contributed by atoms with Crippen LogP contribution in [0.5, 0.6) is 0 Å². The lowest BCUT2D eigenvalue weighted by Gasteiger charge is -2.19. The summed E-state index contributed by atoms with van der Waals surface area (Å²) in [6.45, 7) is 8.66. The van der Waals surface area contributed by atoms with Crippen LogP contribution in [0.1, 0.15) is 43.7 Å². The smallest absolute Gasteiger partial charge is 0.360 e. The van der Waals surface area contributed by atoms with Crippen molar-refractivity contribution in [1.82, 2.24) is 4.98 Å². The van der Waals surface area contributed by atoms with Crippen LogP contribution < -0.4 is 5.32 Å². The zero-order chi connectivity index (χ0) is 15.5. The second-order valence-corrected chi connectivity index (χ2v) is 6.56. The maximum absolute atomic E-state index is 11.8. The number of carbonyl (C=O) groups is 1. The number of benzene rings is 1. The Labute approximate surface area is 129 Å². The molecule has 2 aromatic rings. The van der Waals surface area contributed by atoms with E-state index in [9.17, 15) is 4.79 Å². The first-order chi connectivity index (χ1) is 9.91. The number of rotatable bonds is 4. The molecule has 1 aromatic heterocycles. The zero-order valence-corrected chi connectivity index (χ0v) is 13.6. The normalized spacial score (nSPS) is 11.2. The molecule has 0 unspecified atom stereocenters. The van der Waals surface area contributed by atoms with Crippen LogP contribution in [0.25, 0.3) is 0 Å². The van der Waals surface area contributed by atoms with Gasteiger partial charge < -0.3 is 10.1 Å². The molecule has 0 spiro atoms. The van der Waals surface area contributed by atoms with Crippen molar-refractivity contribution in [2.24, 2.45) is 0 Å². The predicted molar refractivity (Wildman–Crippen MR) is 86.5 cm³/mol. The van der Waals surface area contributed by atoms with E-state index >= 15 is 0 Å². The maximum Gasteiger partial charge on any atom is 0.360 e. The van der Waals surface area contributed by atoms with Gasteiger partial charge in [0.15, 0.2) is 5.69 Å². The van der Waals surface area contributed by atoms with Crippen LogP contribution >= 0.6 is 11.3 Å². The molecule has 1 heterocycles. The highest BCUT2D eigenvalue weighted by Crippen LogP contribution is 2.28. The highest BCUT2D eigenvalue weighted by atomic mass is 32.1. The van der Waals surface area contributed by atoms with E-state index in [4.69, 9.17) is 4.74 Å². The average Bonchev–Trinajstić information content (AvgIpc) is 2.87. The lowest BCUT2D eigenvalue weighted by atomic mass is 9.87. The Morgan fingerprint density at radius 2 is 1.95 bits per heavy atom. The topological polar surface area (TPSA) is 51.2 Å². The van der Waals surface area contributed by atoms with Crippen molar-refractivity contribution in [3.05, 3.63) is 41.0 Å². The number of anilines is 2. The van der Waals surface area contributed by atoms with Gasteiger partial charge in [0.2, 0.25) is 0 Å². The number of nitrogens with one attached hydrogen (secondary N) is 1. The van der Waals surface area contributed by atoms with E-state index in [1.165, 1.54) is 16.9 Å². The summed E-state index contributed by atoms with van der Waals surface area (Å²) in [7, 11) is 0. The lowest BCUT2D eigenvalue weighted by molar-refractivity contribution is 0.0521. The van der Waals surface area contributed by atoms with Crippen molar-refractivity contribution >= 4 is 28.0 Å². The number of carbonyl (C=O) groups excluding carboxylic acids is 1.